The monoisotopic (exact) mass is 463 g/mol. The van der Waals surface area contributed by atoms with Gasteiger partial charge in [0.05, 0.1) is 0 Å². The van der Waals surface area contributed by atoms with Crippen molar-refractivity contribution in [3.63, 3.8) is 0 Å². The molecule has 0 unspecified atom stereocenters. The minimum Gasteiger partial charge on any atom is -0.486 e. The SMILES string of the molecule is CCN(Cc1cccc2c1OCCO2)C(=O)CCc1c(C)nc2nc(C(F)(F)F)nn2c1C. The van der Waals surface area contributed by atoms with Crippen LogP contribution in [0.2, 0.25) is 0 Å². The molecule has 0 N–H and O–H groups in total. The third-order valence-electron chi connectivity index (χ3n) is 5.63. The topological polar surface area (TPSA) is 81.9 Å². The highest BCUT2D eigenvalue weighted by molar-refractivity contribution is 5.76. The first-order valence-corrected chi connectivity index (χ1v) is 10.6. The van der Waals surface area contributed by atoms with E-state index in [9.17, 15) is 18.0 Å². The van der Waals surface area contributed by atoms with Crippen molar-refractivity contribution in [2.45, 2.75) is 46.3 Å². The van der Waals surface area contributed by atoms with Gasteiger partial charge in [0.1, 0.15) is 13.2 Å². The lowest BCUT2D eigenvalue weighted by atomic mass is 10.1. The lowest BCUT2D eigenvalue weighted by Gasteiger charge is -2.25. The Hall–Kier alpha value is -3.37. The van der Waals surface area contributed by atoms with Crippen LogP contribution in [-0.4, -0.2) is 50.1 Å². The Bertz CT molecular complexity index is 1190. The first-order chi connectivity index (χ1) is 15.7. The zero-order chi connectivity index (χ0) is 23.8. The van der Waals surface area contributed by atoms with E-state index in [0.29, 0.717) is 61.2 Å². The Morgan fingerprint density at radius 3 is 2.67 bits per heavy atom. The molecule has 0 saturated carbocycles. The molecule has 8 nitrogen and oxygen atoms in total. The molecule has 0 saturated heterocycles. The number of rotatable bonds is 6. The van der Waals surface area contributed by atoms with Crippen LogP contribution in [0.5, 0.6) is 11.5 Å². The van der Waals surface area contributed by atoms with Crippen LogP contribution < -0.4 is 9.47 Å². The van der Waals surface area contributed by atoms with Crippen molar-refractivity contribution in [2.75, 3.05) is 19.8 Å². The Balaban J connectivity index is 1.51. The Morgan fingerprint density at radius 1 is 1.18 bits per heavy atom. The number of nitrogens with zero attached hydrogens (tertiary/aromatic N) is 5. The largest absolute Gasteiger partial charge is 0.486 e. The molecule has 0 fully saturated rings. The zero-order valence-electron chi connectivity index (χ0n) is 18.6. The maximum atomic E-state index is 13.0. The molecule has 1 aliphatic heterocycles. The predicted octanol–water partition coefficient (Wildman–Crippen LogP) is 3.51. The number of halogens is 3. The second-order valence-electron chi connectivity index (χ2n) is 7.76. The Labute approximate surface area is 188 Å². The minimum absolute atomic E-state index is 0.0831. The first-order valence-electron chi connectivity index (χ1n) is 10.6. The highest BCUT2D eigenvalue weighted by Crippen LogP contribution is 2.34. The predicted molar refractivity (Wildman–Crippen MR) is 112 cm³/mol. The molecular formula is C22H24F3N5O3. The van der Waals surface area contributed by atoms with Crippen LogP contribution in [0.1, 0.15) is 41.7 Å². The lowest BCUT2D eigenvalue weighted by molar-refractivity contribution is -0.144. The number of benzene rings is 1. The number of alkyl halides is 3. The van der Waals surface area contributed by atoms with Crippen LogP contribution in [0.25, 0.3) is 5.78 Å². The fraction of sp³-hybridized carbons (Fsp3) is 0.455. The number of ether oxygens (including phenoxy) is 2. The summed E-state index contributed by atoms with van der Waals surface area (Å²) in [6.07, 6.45) is -4.16. The molecule has 3 heterocycles. The fourth-order valence-corrected chi connectivity index (χ4v) is 3.92. The maximum Gasteiger partial charge on any atom is 0.453 e. The van der Waals surface area contributed by atoms with Crippen molar-refractivity contribution in [2.24, 2.45) is 0 Å². The van der Waals surface area contributed by atoms with Crippen LogP contribution in [-0.2, 0) is 23.9 Å². The molecule has 176 valence electrons. The average Bonchev–Trinajstić information content (AvgIpc) is 3.22. The van der Waals surface area contributed by atoms with Crippen molar-refractivity contribution >= 4 is 11.7 Å². The van der Waals surface area contributed by atoms with Gasteiger partial charge in [-0.2, -0.15) is 18.2 Å². The van der Waals surface area contributed by atoms with E-state index in [1.807, 2.05) is 25.1 Å². The van der Waals surface area contributed by atoms with E-state index in [1.165, 1.54) is 0 Å². The van der Waals surface area contributed by atoms with Crippen molar-refractivity contribution in [1.82, 2.24) is 24.5 Å². The summed E-state index contributed by atoms with van der Waals surface area (Å²) in [6, 6.07) is 5.60. The van der Waals surface area contributed by atoms with E-state index in [-0.39, 0.29) is 18.1 Å². The number of hydrogen-bond acceptors (Lipinski definition) is 6. The summed E-state index contributed by atoms with van der Waals surface area (Å²) in [7, 11) is 0. The molecule has 4 rings (SSSR count). The van der Waals surface area contributed by atoms with Crippen LogP contribution in [0.15, 0.2) is 18.2 Å². The fourth-order valence-electron chi connectivity index (χ4n) is 3.92. The van der Waals surface area contributed by atoms with Gasteiger partial charge in [0.2, 0.25) is 5.91 Å². The smallest absolute Gasteiger partial charge is 0.453 e. The summed E-state index contributed by atoms with van der Waals surface area (Å²) >= 11 is 0. The zero-order valence-corrected chi connectivity index (χ0v) is 18.6. The van der Waals surface area contributed by atoms with E-state index < -0.39 is 12.0 Å². The van der Waals surface area contributed by atoms with E-state index >= 15 is 0 Å². The third-order valence-corrected chi connectivity index (χ3v) is 5.63. The molecule has 3 aromatic rings. The van der Waals surface area contributed by atoms with Crippen LogP contribution in [0, 0.1) is 13.8 Å². The van der Waals surface area contributed by atoms with Gasteiger partial charge in [0.25, 0.3) is 11.6 Å². The van der Waals surface area contributed by atoms with Gasteiger partial charge in [-0.3, -0.25) is 4.79 Å². The average molecular weight is 463 g/mol. The summed E-state index contributed by atoms with van der Waals surface area (Å²) in [5.41, 5.74) is 2.55. The second-order valence-corrected chi connectivity index (χ2v) is 7.76. The number of para-hydroxylation sites is 1. The molecule has 1 amide bonds. The van der Waals surface area contributed by atoms with Gasteiger partial charge in [0.15, 0.2) is 11.5 Å². The normalized spacial score (nSPS) is 13.4. The highest BCUT2D eigenvalue weighted by atomic mass is 19.4. The molecule has 1 aromatic carbocycles. The Morgan fingerprint density at radius 2 is 1.94 bits per heavy atom. The summed E-state index contributed by atoms with van der Waals surface area (Å²) in [4.78, 5) is 22.3. The van der Waals surface area contributed by atoms with Gasteiger partial charge in [-0.1, -0.05) is 12.1 Å². The molecular weight excluding hydrogens is 439 g/mol. The number of aryl methyl sites for hydroxylation is 2. The molecule has 11 heteroatoms. The van der Waals surface area contributed by atoms with Crippen molar-refractivity contribution in [3.8, 4) is 11.5 Å². The first kappa shape index (κ1) is 22.8. The molecule has 0 atom stereocenters. The molecule has 0 bridgehead atoms. The second kappa shape index (κ2) is 8.87. The number of hydrogen-bond donors (Lipinski definition) is 0. The van der Waals surface area contributed by atoms with Gasteiger partial charge in [-0.25, -0.2) is 9.50 Å². The summed E-state index contributed by atoms with van der Waals surface area (Å²) in [6.45, 7) is 7.05. The van der Waals surface area contributed by atoms with Crippen LogP contribution in [0.3, 0.4) is 0 Å². The molecule has 1 aliphatic rings. The molecule has 0 aliphatic carbocycles. The number of fused-ring (bicyclic) bond motifs is 2. The Kier molecular flexibility index (Phi) is 6.13. The number of carbonyl (C=O) groups excluding carboxylic acids is 1. The van der Waals surface area contributed by atoms with Gasteiger partial charge in [-0.05, 0) is 38.8 Å². The standard InChI is InChI=1S/C22H24F3N5O3/c1-4-29(12-15-6-5-7-17-19(15)33-11-10-32-17)18(31)9-8-16-13(2)26-21-27-20(22(23,24)25)28-30(21)14(16)3/h5-7H,4,8-12H2,1-3H3. The van der Waals surface area contributed by atoms with Crippen LogP contribution >= 0.6 is 0 Å². The third kappa shape index (κ3) is 4.57. The quantitative estimate of drug-likeness (QED) is 0.557. The highest BCUT2D eigenvalue weighted by Gasteiger charge is 2.37. The summed E-state index contributed by atoms with van der Waals surface area (Å²) in [5, 5.41) is 3.56. The van der Waals surface area contributed by atoms with E-state index in [0.717, 1.165) is 10.1 Å². The number of amides is 1. The summed E-state index contributed by atoms with van der Waals surface area (Å²) in [5.74, 6) is -0.110. The van der Waals surface area contributed by atoms with E-state index in [1.54, 1.807) is 18.7 Å². The van der Waals surface area contributed by atoms with Gasteiger partial charge in [0, 0.05) is 36.5 Å². The number of carbonyl (C=O) groups is 1. The summed E-state index contributed by atoms with van der Waals surface area (Å²) < 4.78 is 51.4. The van der Waals surface area contributed by atoms with Gasteiger partial charge < -0.3 is 14.4 Å². The molecule has 0 radical (unpaired) electrons. The van der Waals surface area contributed by atoms with Crippen LogP contribution in [0.4, 0.5) is 13.2 Å². The van der Waals surface area contributed by atoms with E-state index in [2.05, 4.69) is 15.1 Å². The molecule has 2 aromatic heterocycles. The van der Waals surface area contributed by atoms with Crippen molar-refractivity contribution in [1.29, 1.82) is 0 Å². The number of aromatic nitrogens is 4. The van der Waals surface area contributed by atoms with Gasteiger partial charge >= 0.3 is 6.18 Å². The van der Waals surface area contributed by atoms with E-state index in [4.69, 9.17) is 9.47 Å². The van der Waals surface area contributed by atoms with Gasteiger partial charge in [-0.15, -0.1) is 5.10 Å². The molecule has 33 heavy (non-hydrogen) atoms. The maximum absolute atomic E-state index is 13.0. The van der Waals surface area contributed by atoms with Crippen molar-refractivity contribution in [3.05, 3.63) is 46.5 Å². The lowest BCUT2D eigenvalue weighted by Crippen LogP contribution is -2.31. The molecule has 0 spiro atoms. The van der Waals surface area contributed by atoms with Crippen molar-refractivity contribution < 1.29 is 27.4 Å². The minimum atomic E-state index is -4.66.